The third-order valence-electron chi connectivity index (χ3n) is 2.35. The van der Waals surface area contributed by atoms with Gasteiger partial charge in [-0.3, -0.25) is 0 Å². The van der Waals surface area contributed by atoms with Crippen LogP contribution in [0.5, 0.6) is 0 Å². The average Bonchev–Trinajstić information content (AvgIpc) is 2.77. The molecule has 0 atom stereocenters. The van der Waals surface area contributed by atoms with Crippen molar-refractivity contribution in [2.24, 2.45) is 0 Å². The van der Waals surface area contributed by atoms with Crippen molar-refractivity contribution in [3.05, 3.63) is 47.1 Å². The topological polar surface area (TPSA) is 62.7 Å². The van der Waals surface area contributed by atoms with Crippen molar-refractivity contribution in [3.63, 3.8) is 0 Å². The first-order valence-corrected chi connectivity index (χ1v) is 6.75. The average molecular weight is 259 g/mol. The lowest BCUT2D eigenvalue weighted by atomic mass is 10.1. The van der Waals surface area contributed by atoms with Crippen molar-refractivity contribution in [3.8, 4) is 6.07 Å². The molecule has 0 fully saturated rings. The van der Waals surface area contributed by atoms with E-state index in [1.807, 2.05) is 12.1 Å². The van der Waals surface area contributed by atoms with Crippen molar-refractivity contribution in [2.45, 2.75) is 19.1 Å². The first-order valence-electron chi connectivity index (χ1n) is 5.59. The summed E-state index contributed by atoms with van der Waals surface area (Å²) in [5, 5.41) is 12.4. The minimum absolute atomic E-state index is 0.440. The van der Waals surface area contributed by atoms with Gasteiger partial charge in [0.1, 0.15) is 0 Å². The molecule has 0 aliphatic heterocycles. The van der Waals surface area contributed by atoms with Gasteiger partial charge in [0.05, 0.1) is 17.6 Å². The second kappa shape index (κ2) is 6.22. The van der Waals surface area contributed by atoms with E-state index in [1.54, 1.807) is 0 Å². The van der Waals surface area contributed by atoms with Crippen molar-refractivity contribution in [2.75, 3.05) is 5.75 Å². The molecule has 2 aromatic rings. The molecule has 0 spiro atoms. The fraction of sp³-hybridized carbons (Fsp3) is 0.308. The van der Waals surface area contributed by atoms with Gasteiger partial charge in [0.2, 0.25) is 5.89 Å². The van der Waals surface area contributed by atoms with Crippen LogP contribution in [0.15, 0.2) is 28.8 Å². The quantitative estimate of drug-likeness (QED) is 0.772. The molecular formula is C13H13N3OS. The van der Waals surface area contributed by atoms with Crippen LogP contribution in [-0.2, 0) is 12.2 Å². The first kappa shape index (κ1) is 12.7. The number of thioether (sulfide) groups is 1. The van der Waals surface area contributed by atoms with E-state index in [9.17, 15) is 0 Å². The van der Waals surface area contributed by atoms with Gasteiger partial charge in [-0.1, -0.05) is 35.0 Å². The van der Waals surface area contributed by atoms with Gasteiger partial charge in [-0.15, -0.1) is 11.8 Å². The summed E-state index contributed by atoms with van der Waals surface area (Å²) in [5.41, 5.74) is 2.40. The van der Waals surface area contributed by atoms with Gasteiger partial charge in [-0.05, 0) is 12.5 Å². The SMILES string of the molecule is Cc1cccc(Cc2noc(CSCC#N)n2)c1. The highest BCUT2D eigenvalue weighted by atomic mass is 32.2. The van der Waals surface area contributed by atoms with Crippen molar-refractivity contribution < 1.29 is 4.52 Å². The maximum atomic E-state index is 8.43. The predicted octanol–water partition coefficient (Wildman–Crippen LogP) is 2.73. The van der Waals surface area contributed by atoms with Crippen LogP contribution in [0.1, 0.15) is 22.8 Å². The maximum absolute atomic E-state index is 8.43. The van der Waals surface area contributed by atoms with E-state index in [4.69, 9.17) is 9.78 Å². The van der Waals surface area contributed by atoms with E-state index in [2.05, 4.69) is 35.3 Å². The third kappa shape index (κ3) is 3.60. The van der Waals surface area contributed by atoms with Gasteiger partial charge in [0.25, 0.3) is 0 Å². The Bertz CT molecular complexity index is 559. The monoisotopic (exact) mass is 259 g/mol. The van der Waals surface area contributed by atoms with E-state index < -0.39 is 0 Å². The van der Waals surface area contributed by atoms with E-state index in [1.165, 1.54) is 22.9 Å². The molecule has 0 saturated carbocycles. The summed E-state index contributed by atoms with van der Waals surface area (Å²) in [6.07, 6.45) is 0.675. The summed E-state index contributed by atoms with van der Waals surface area (Å²) in [7, 11) is 0. The van der Waals surface area contributed by atoms with E-state index in [-0.39, 0.29) is 0 Å². The summed E-state index contributed by atoms with van der Waals surface area (Å²) in [4.78, 5) is 4.30. The zero-order valence-electron chi connectivity index (χ0n) is 10.1. The molecule has 0 bridgehead atoms. The highest BCUT2D eigenvalue weighted by Crippen LogP contribution is 2.12. The van der Waals surface area contributed by atoms with Crippen molar-refractivity contribution in [1.82, 2.24) is 10.1 Å². The summed E-state index contributed by atoms with van der Waals surface area (Å²) < 4.78 is 5.12. The molecule has 0 unspecified atom stereocenters. The molecule has 0 aliphatic carbocycles. The molecule has 1 heterocycles. The van der Waals surface area contributed by atoms with Gasteiger partial charge >= 0.3 is 0 Å². The number of rotatable bonds is 5. The van der Waals surface area contributed by atoms with Gasteiger partial charge in [-0.2, -0.15) is 10.2 Å². The van der Waals surface area contributed by atoms with Crippen LogP contribution in [0, 0.1) is 18.3 Å². The normalized spacial score (nSPS) is 10.2. The summed E-state index contributed by atoms with van der Waals surface area (Å²) in [6.45, 7) is 2.06. The molecule has 18 heavy (non-hydrogen) atoms. The second-order valence-electron chi connectivity index (χ2n) is 3.92. The Labute approximate surface area is 110 Å². The van der Waals surface area contributed by atoms with Crippen molar-refractivity contribution >= 4 is 11.8 Å². The summed E-state index contributed by atoms with van der Waals surface area (Å²) in [6, 6.07) is 10.3. The molecule has 0 radical (unpaired) electrons. The van der Waals surface area contributed by atoms with E-state index in [0.29, 0.717) is 29.6 Å². The molecule has 0 amide bonds. The summed E-state index contributed by atoms with van der Waals surface area (Å²) in [5.74, 6) is 2.30. The Morgan fingerprint density at radius 2 is 2.33 bits per heavy atom. The molecule has 1 aromatic heterocycles. The lowest BCUT2D eigenvalue weighted by Gasteiger charge is -1.97. The molecule has 1 aromatic carbocycles. The first-order chi connectivity index (χ1) is 8.78. The van der Waals surface area contributed by atoms with Gasteiger partial charge in [-0.25, -0.2) is 0 Å². The molecule has 0 aliphatic rings. The fourth-order valence-corrected chi connectivity index (χ4v) is 2.09. The summed E-state index contributed by atoms with van der Waals surface area (Å²) >= 11 is 1.47. The lowest BCUT2D eigenvalue weighted by Crippen LogP contribution is -1.91. The van der Waals surface area contributed by atoms with E-state index >= 15 is 0 Å². The van der Waals surface area contributed by atoms with Crippen LogP contribution in [0.2, 0.25) is 0 Å². The predicted molar refractivity (Wildman–Crippen MR) is 70.1 cm³/mol. The van der Waals surface area contributed by atoms with Crippen LogP contribution in [0.4, 0.5) is 0 Å². The van der Waals surface area contributed by atoms with Gasteiger partial charge in [0.15, 0.2) is 5.82 Å². The van der Waals surface area contributed by atoms with Crippen molar-refractivity contribution in [1.29, 1.82) is 5.26 Å². The number of hydrogen-bond donors (Lipinski definition) is 0. The number of benzene rings is 1. The molecule has 2 rings (SSSR count). The molecule has 5 heteroatoms. The minimum Gasteiger partial charge on any atom is -0.338 e. The van der Waals surface area contributed by atoms with Gasteiger partial charge < -0.3 is 4.52 Å². The number of nitrogens with zero attached hydrogens (tertiary/aromatic N) is 3. The zero-order valence-corrected chi connectivity index (χ0v) is 10.9. The molecular weight excluding hydrogens is 246 g/mol. The maximum Gasteiger partial charge on any atom is 0.236 e. The molecule has 0 N–H and O–H groups in total. The number of hydrogen-bond acceptors (Lipinski definition) is 5. The Hall–Kier alpha value is -1.80. The third-order valence-corrected chi connectivity index (χ3v) is 3.13. The van der Waals surface area contributed by atoms with Crippen LogP contribution >= 0.6 is 11.8 Å². The standard InChI is InChI=1S/C13H13N3OS/c1-10-3-2-4-11(7-10)8-12-15-13(17-16-12)9-18-6-5-14/h2-4,7H,6,8-9H2,1H3. The van der Waals surface area contributed by atoms with Crippen LogP contribution < -0.4 is 0 Å². The van der Waals surface area contributed by atoms with Crippen LogP contribution in [0.3, 0.4) is 0 Å². The number of aryl methyl sites for hydroxylation is 1. The van der Waals surface area contributed by atoms with Crippen LogP contribution in [-0.4, -0.2) is 15.9 Å². The minimum atomic E-state index is 0.440. The molecule has 0 saturated heterocycles. The van der Waals surface area contributed by atoms with Gasteiger partial charge in [0, 0.05) is 6.42 Å². The number of nitriles is 1. The fourth-order valence-electron chi connectivity index (χ4n) is 1.61. The Balaban J connectivity index is 1.96. The zero-order chi connectivity index (χ0) is 12.8. The molecule has 4 nitrogen and oxygen atoms in total. The highest BCUT2D eigenvalue weighted by molar-refractivity contribution is 7.98. The van der Waals surface area contributed by atoms with Crippen LogP contribution in [0.25, 0.3) is 0 Å². The largest absolute Gasteiger partial charge is 0.338 e. The Morgan fingerprint density at radius 3 is 3.11 bits per heavy atom. The highest BCUT2D eigenvalue weighted by Gasteiger charge is 2.07. The lowest BCUT2D eigenvalue weighted by molar-refractivity contribution is 0.386. The molecule has 92 valence electrons. The Kier molecular flexibility index (Phi) is 4.37. The second-order valence-corrected chi connectivity index (χ2v) is 4.91. The number of aromatic nitrogens is 2. The smallest absolute Gasteiger partial charge is 0.236 e. The Morgan fingerprint density at radius 1 is 1.44 bits per heavy atom. The van der Waals surface area contributed by atoms with E-state index in [0.717, 1.165) is 0 Å².